The van der Waals surface area contributed by atoms with Crippen LogP contribution in [0.15, 0.2) is 192 Å². The van der Waals surface area contributed by atoms with Crippen LogP contribution in [-0.4, -0.2) is 0 Å². The first kappa shape index (κ1) is 30.0. The van der Waals surface area contributed by atoms with Gasteiger partial charge in [0.15, 0.2) is 0 Å². The summed E-state index contributed by atoms with van der Waals surface area (Å²) in [6.07, 6.45) is 0. The molecule has 11 rings (SSSR count). The first-order valence-corrected chi connectivity index (χ1v) is 18.8. The summed E-state index contributed by atoms with van der Waals surface area (Å²) in [6, 6.07) is 68.0. The highest BCUT2D eigenvalue weighted by molar-refractivity contribution is 7.26. The summed E-state index contributed by atoms with van der Waals surface area (Å²) in [5, 5.41) is 9.69. The van der Waals surface area contributed by atoms with Crippen LogP contribution in [0.3, 0.4) is 0 Å². The molecule has 0 saturated carbocycles. The second-order valence-electron chi connectivity index (χ2n) is 13.6. The molecule has 3 heteroatoms. The Morgan fingerprint density at radius 2 is 0.925 bits per heavy atom. The molecule has 2 aromatic heterocycles. The van der Waals surface area contributed by atoms with Gasteiger partial charge in [-0.3, -0.25) is 0 Å². The highest BCUT2D eigenvalue weighted by Gasteiger charge is 2.19. The fourth-order valence-corrected chi connectivity index (χ4v) is 9.35. The highest BCUT2D eigenvalue weighted by Crippen LogP contribution is 2.46. The second kappa shape index (κ2) is 11.9. The predicted octanol–water partition coefficient (Wildman–Crippen LogP) is 15.1. The van der Waals surface area contributed by atoms with E-state index in [4.69, 9.17) is 4.42 Å². The fraction of sp³-hybridized carbons (Fsp3) is 0. The number of hydrogen-bond donors (Lipinski definition) is 0. The standard InChI is InChI=1S/C50H31NOS/c1-2-12-37-32(10-1)11-7-15-38(37)33-22-26-35(27-23-33)51(45-18-9-21-48-49(45)44-14-4-6-20-47(44)53-48)36-28-24-34(25-29-36)39-16-8-17-42-40(39)30-31-43-41-13-3-5-19-46(41)52-50(42)43/h1-31H. The van der Waals surface area contributed by atoms with Crippen molar-refractivity contribution in [2.75, 3.05) is 4.90 Å². The quantitative estimate of drug-likeness (QED) is 0.178. The van der Waals surface area contributed by atoms with Crippen LogP contribution in [0.5, 0.6) is 0 Å². The fourth-order valence-electron chi connectivity index (χ4n) is 8.22. The first-order valence-electron chi connectivity index (χ1n) is 18.0. The lowest BCUT2D eigenvalue weighted by molar-refractivity contribution is 0.672. The van der Waals surface area contributed by atoms with Crippen LogP contribution in [0.1, 0.15) is 0 Å². The van der Waals surface area contributed by atoms with Gasteiger partial charge in [0.1, 0.15) is 11.2 Å². The Bertz CT molecular complexity index is 3160. The Hall–Kier alpha value is -6.68. The van der Waals surface area contributed by atoms with Gasteiger partial charge in [0.05, 0.1) is 5.69 Å². The summed E-state index contributed by atoms with van der Waals surface area (Å²) in [5.41, 5.74) is 10.0. The molecule has 0 aliphatic heterocycles. The van der Waals surface area contributed by atoms with E-state index in [9.17, 15) is 0 Å². The molecule has 0 fully saturated rings. The third-order valence-electron chi connectivity index (χ3n) is 10.7. The molecule has 0 saturated heterocycles. The monoisotopic (exact) mass is 693 g/mol. The summed E-state index contributed by atoms with van der Waals surface area (Å²) < 4.78 is 9.00. The Balaban J connectivity index is 1.06. The van der Waals surface area contributed by atoms with E-state index in [0.29, 0.717) is 0 Å². The van der Waals surface area contributed by atoms with E-state index < -0.39 is 0 Å². The zero-order valence-corrected chi connectivity index (χ0v) is 29.5. The molecule has 0 spiro atoms. The van der Waals surface area contributed by atoms with E-state index >= 15 is 0 Å². The average molecular weight is 694 g/mol. The molecule has 53 heavy (non-hydrogen) atoms. The van der Waals surface area contributed by atoms with Crippen molar-refractivity contribution in [1.82, 2.24) is 0 Å². The number of benzene rings is 9. The molecule has 0 radical (unpaired) electrons. The van der Waals surface area contributed by atoms with Crippen LogP contribution in [-0.2, 0) is 0 Å². The third kappa shape index (κ3) is 4.78. The van der Waals surface area contributed by atoms with Crippen molar-refractivity contribution in [3.05, 3.63) is 188 Å². The van der Waals surface area contributed by atoms with Crippen molar-refractivity contribution in [3.8, 4) is 22.3 Å². The van der Waals surface area contributed by atoms with Crippen molar-refractivity contribution in [3.63, 3.8) is 0 Å². The summed E-state index contributed by atoms with van der Waals surface area (Å²) >= 11 is 1.85. The Kier molecular flexibility index (Phi) is 6.76. The van der Waals surface area contributed by atoms with Gasteiger partial charge in [-0.05, 0) is 93.0 Å². The molecule has 11 aromatic rings. The summed E-state index contributed by atoms with van der Waals surface area (Å²) in [5.74, 6) is 0. The number of anilines is 3. The van der Waals surface area contributed by atoms with Gasteiger partial charge in [-0.1, -0.05) is 133 Å². The van der Waals surface area contributed by atoms with Gasteiger partial charge in [0.2, 0.25) is 0 Å². The molecular weight excluding hydrogens is 663 g/mol. The zero-order chi connectivity index (χ0) is 34.9. The molecule has 248 valence electrons. The molecule has 2 nitrogen and oxygen atoms in total. The Morgan fingerprint density at radius 3 is 1.72 bits per heavy atom. The van der Waals surface area contributed by atoms with Crippen molar-refractivity contribution in [2.24, 2.45) is 0 Å². The molecule has 0 bridgehead atoms. The topological polar surface area (TPSA) is 16.4 Å². The van der Waals surface area contributed by atoms with Crippen molar-refractivity contribution >= 4 is 92.1 Å². The number of para-hydroxylation sites is 1. The highest BCUT2D eigenvalue weighted by atomic mass is 32.1. The van der Waals surface area contributed by atoms with Gasteiger partial charge in [0, 0.05) is 47.7 Å². The lowest BCUT2D eigenvalue weighted by atomic mass is 9.96. The minimum Gasteiger partial charge on any atom is -0.455 e. The SMILES string of the molecule is c1ccc2c(-c3ccc(N(c4ccc(-c5cccc6c5ccc5c7ccccc7oc65)cc4)c4cccc5sc6ccccc6c45)cc3)cccc2c1. The van der Waals surface area contributed by atoms with Gasteiger partial charge in [-0.15, -0.1) is 11.3 Å². The van der Waals surface area contributed by atoms with Gasteiger partial charge >= 0.3 is 0 Å². The van der Waals surface area contributed by atoms with Crippen LogP contribution in [0.2, 0.25) is 0 Å². The molecule has 2 heterocycles. The van der Waals surface area contributed by atoms with Gasteiger partial charge in [-0.25, -0.2) is 0 Å². The van der Waals surface area contributed by atoms with Gasteiger partial charge in [0.25, 0.3) is 0 Å². The van der Waals surface area contributed by atoms with Crippen LogP contribution in [0.4, 0.5) is 17.1 Å². The number of hydrogen-bond acceptors (Lipinski definition) is 3. The minimum absolute atomic E-state index is 0.920. The van der Waals surface area contributed by atoms with Crippen LogP contribution in [0, 0.1) is 0 Å². The van der Waals surface area contributed by atoms with E-state index in [1.54, 1.807) is 0 Å². The minimum atomic E-state index is 0.920. The van der Waals surface area contributed by atoms with Crippen molar-refractivity contribution in [1.29, 1.82) is 0 Å². The molecule has 0 aliphatic carbocycles. The maximum absolute atomic E-state index is 6.42. The van der Waals surface area contributed by atoms with Gasteiger partial charge < -0.3 is 9.32 Å². The summed E-state index contributed by atoms with van der Waals surface area (Å²) in [4.78, 5) is 2.42. The lowest BCUT2D eigenvalue weighted by Gasteiger charge is -2.27. The Labute approximate surface area is 310 Å². The number of fused-ring (bicyclic) bond motifs is 9. The van der Waals surface area contributed by atoms with Crippen LogP contribution in [0.25, 0.3) is 85.9 Å². The molecule has 0 unspecified atom stereocenters. The van der Waals surface area contributed by atoms with Crippen molar-refractivity contribution < 1.29 is 4.42 Å². The second-order valence-corrected chi connectivity index (χ2v) is 14.7. The molecule has 0 atom stereocenters. The maximum Gasteiger partial charge on any atom is 0.143 e. The zero-order valence-electron chi connectivity index (χ0n) is 28.7. The number of rotatable bonds is 5. The summed E-state index contributed by atoms with van der Waals surface area (Å²) in [6.45, 7) is 0. The largest absolute Gasteiger partial charge is 0.455 e. The molecule has 0 amide bonds. The normalized spacial score (nSPS) is 11.8. The molecular formula is C50H31NOS. The predicted molar refractivity (Wildman–Crippen MR) is 227 cm³/mol. The average Bonchev–Trinajstić information content (AvgIpc) is 3.80. The van der Waals surface area contributed by atoms with E-state index in [1.807, 2.05) is 23.5 Å². The first-order chi connectivity index (χ1) is 26.3. The third-order valence-corrected chi connectivity index (χ3v) is 11.8. The smallest absolute Gasteiger partial charge is 0.143 e. The van der Waals surface area contributed by atoms with E-state index in [-0.39, 0.29) is 0 Å². The van der Waals surface area contributed by atoms with Crippen molar-refractivity contribution in [2.45, 2.75) is 0 Å². The molecule has 0 N–H and O–H groups in total. The lowest BCUT2D eigenvalue weighted by Crippen LogP contribution is -2.10. The Morgan fingerprint density at radius 1 is 0.377 bits per heavy atom. The van der Waals surface area contributed by atoms with Crippen LogP contribution >= 0.6 is 11.3 Å². The number of furan rings is 1. The van der Waals surface area contributed by atoms with E-state index in [0.717, 1.165) is 38.7 Å². The number of nitrogens with zero attached hydrogens (tertiary/aromatic N) is 1. The van der Waals surface area contributed by atoms with E-state index in [1.165, 1.54) is 64.3 Å². The number of thiophene rings is 1. The maximum atomic E-state index is 6.42. The van der Waals surface area contributed by atoms with Gasteiger partial charge in [-0.2, -0.15) is 0 Å². The van der Waals surface area contributed by atoms with Crippen LogP contribution < -0.4 is 4.90 Å². The summed E-state index contributed by atoms with van der Waals surface area (Å²) in [7, 11) is 0. The van der Waals surface area contributed by atoms with E-state index in [2.05, 4.69) is 181 Å². The molecule has 9 aromatic carbocycles. The molecule has 0 aliphatic rings.